The molecule has 9 heteroatoms. The van der Waals surface area contributed by atoms with Crippen LogP contribution in [0.4, 0.5) is 0 Å². The highest BCUT2D eigenvalue weighted by Crippen LogP contribution is 2.33. The number of carbonyl (C=O) groups excluding carboxylic acids is 2. The van der Waals surface area contributed by atoms with E-state index < -0.39 is 18.0 Å². The molecule has 0 radical (unpaired) electrons. The van der Waals surface area contributed by atoms with Crippen LogP contribution in [0.1, 0.15) is 58.1 Å². The first-order valence-electron chi connectivity index (χ1n) is 13.4. The lowest BCUT2D eigenvalue weighted by molar-refractivity contribution is -0.151. The molecule has 0 aliphatic rings. The van der Waals surface area contributed by atoms with E-state index >= 15 is 0 Å². The van der Waals surface area contributed by atoms with Gasteiger partial charge in [0.2, 0.25) is 0 Å². The van der Waals surface area contributed by atoms with Crippen molar-refractivity contribution in [1.29, 1.82) is 0 Å². The molecule has 0 heterocycles. The molecule has 2 N–H and O–H groups in total. The van der Waals surface area contributed by atoms with Crippen molar-refractivity contribution in [1.82, 2.24) is 0 Å². The van der Waals surface area contributed by atoms with Gasteiger partial charge in [-0.1, -0.05) is 58.4 Å². The lowest BCUT2D eigenvalue weighted by Gasteiger charge is -2.27. The molecule has 2 aromatic rings. The second kappa shape index (κ2) is 17.0. The van der Waals surface area contributed by atoms with Crippen LogP contribution in [0.2, 0.25) is 0 Å². The van der Waals surface area contributed by atoms with Gasteiger partial charge in [0.05, 0.1) is 13.2 Å². The fourth-order valence-corrected chi connectivity index (χ4v) is 3.81. The Bertz CT molecular complexity index is 995. The minimum Gasteiger partial charge on any atom is -0.490 e. The van der Waals surface area contributed by atoms with Crippen molar-refractivity contribution >= 4 is 23.5 Å². The van der Waals surface area contributed by atoms with E-state index in [2.05, 4.69) is 20.8 Å². The summed E-state index contributed by atoms with van der Waals surface area (Å²) in [5, 5.41) is 0. The zero-order valence-electron chi connectivity index (χ0n) is 23.5. The van der Waals surface area contributed by atoms with Crippen LogP contribution < -0.4 is 15.2 Å². The molecule has 2 aromatic carbocycles. The van der Waals surface area contributed by atoms with E-state index in [0.717, 1.165) is 24.0 Å². The molecule has 0 saturated carbocycles. The summed E-state index contributed by atoms with van der Waals surface area (Å²) < 4.78 is 27.9. The average Bonchev–Trinajstić information content (AvgIpc) is 2.96. The Morgan fingerprint density at radius 2 is 1.33 bits per heavy atom. The number of hydrogen-bond donors (Lipinski definition) is 1. The van der Waals surface area contributed by atoms with Crippen molar-refractivity contribution in [2.24, 2.45) is 5.73 Å². The molecular weight excluding hydrogens is 522 g/mol. The van der Waals surface area contributed by atoms with Crippen LogP contribution in [-0.4, -0.2) is 63.0 Å². The molecule has 0 aliphatic heterocycles. The summed E-state index contributed by atoms with van der Waals surface area (Å²) in [5.74, 6) is 0.206. The van der Waals surface area contributed by atoms with E-state index in [1.54, 1.807) is 0 Å². The molecule has 0 bridgehead atoms. The monoisotopic (exact) mass is 563 g/mol. The first-order chi connectivity index (χ1) is 18.7. The quantitative estimate of drug-likeness (QED) is 0.153. The zero-order valence-corrected chi connectivity index (χ0v) is 24.2. The number of hydrogen-bond acceptors (Lipinski definition) is 8. The van der Waals surface area contributed by atoms with Gasteiger partial charge in [0.1, 0.15) is 36.7 Å². The van der Waals surface area contributed by atoms with Crippen molar-refractivity contribution in [3.05, 3.63) is 59.7 Å². The number of rotatable bonds is 18. The highest BCUT2D eigenvalue weighted by atomic mass is 35.5. The molecule has 0 saturated heterocycles. The predicted octanol–water partition coefficient (Wildman–Crippen LogP) is 5.02. The van der Waals surface area contributed by atoms with Crippen LogP contribution in [0.15, 0.2) is 48.5 Å². The lowest BCUT2D eigenvalue weighted by Crippen LogP contribution is -2.30. The number of halogens is 1. The molecule has 216 valence electrons. The zero-order chi connectivity index (χ0) is 28.7. The number of esters is 2. The van der Waals surface area contributed by atoms with Crippen LogP contribution in [0.3, 0.4) is 0 Å². The fraction of sp³-hybridized carbons (Fsp3) is 0.533. The second-order valence-corrected chi connectivity index (χ2v) is 9.96. The summed E-state index contributed by atoms with van der Waals surface area (Å²) in [6.07, 6.45) is 1.73. The van der Waals surface area contributed by atoms with Gasteiger partial charge in [0.25, 0.3) is 0 Å². The first kappa shape index (κ1) is 32.4. The summed E-state index contributed by atoms with van der Waals surface area (Å²) >= 11 is 5.59. The Labute approximate surface area is 237 Å². The smallest absolute Gasteiger partial charge is 0.321 e. The first-order valence-corrected chi connectivity index (χ1v) is 14.0. The third-order valence-corrected chi connectivity index (χ3v) is 6.52. The number of alkyl halides is 1. The van der Waals surface area contributed by atoms with Crippen LogP contribution in [0, 0.1) is 0 Å². The fourth-order valence-electron chi connectivity index (χ4n) is 3.74. The number of ether oxygens (including phenoxy) is 5. The molecule has 0 amide bonds. The Balaban J connectivity index is 1.96. The summed E-state index contributed by atoms with van der Waals surface area (Å²) in [6, 6.07) is 15.7. The van der Waals surface area contributed by atoms with Gasteiger partial charge >= 0.3 is 11.9 Å². The molecule has 8 nitrogen and oxygen atoms in total. The van der Waals surface area contributed by atoms with Crippen LogP contribution in [-0.2, 0) is 29.2 Å². The van der Waals surface area contributed by atoms with Crippen molar-refractivity contribution < 1.29 is 33.3 Å². The molecule has 39 heavy (non-hydrogen) atoms. The molecular formula is C30H42ClNO7. The van der Waals surface area contributed by atoms with Gasteiger partial charge in [-0.2, -0.15) is 0 Å². The lowest BCUT2D eigenvalue weighted by atomic mass is 9.78. The van der Waals surface area contributed by atoms with Gasteiger partial charge < -0.3 is 29.4 Å². The normalized spacial score (nSPS) is 12.9. The van der Waals surface area contributed by atoms with Crippen molar-refractivity contribution in [3.8, 4) is 11.5 Å². The Kier molecular flexibility index (Phi) is 14.1. The van der Waals surface area contributed by atoms with Crippen molar-refractivity contribution in [3.63, 3.8) is 0 Å². The van der Waals surface area contributed by atoms with Crippen LogP contribution >= 0.6 is 11.6 Å². The van der Waals surface area contributed by atoms with Gasteiger partial charge in [0.15, 0.2) is 6.10 Å². The Hall–Kier alpha value is -2.81. The minimum absolute atomic E-state index is 0.147. The van der Waals surface area contributed by atoms with E-state index in [1.807, 2.05) is 55.5 Å². The molecule has 2 atom stereocenters. The number of unbranched alkanes of at least 4 members (excludes halogenated alkanes) is 1. The van der Waals surface area contributed by atoms with Crippen molar-refractivity contribution in [2.45, 2.75) is 64.6 Å². The maximum absolute atomic E-state index is 11.7. The van der Waals surface area contributed by atoms with Crippen LogP contribution in [0.25, 0.3) is 0 Å². The summed E-state index contributed by atoms with van der Waals surface area (Å²) in [5.41, 5.74) is 7.27. The van der Waals surface area contributed by atoms with Gasteiger partial charge in [-0.15, -0.1) is 11.6 Å². The SMILES string of the molecule is CCCCOCC(COc1ccc(C(C)(C)c2ccc(OCC(CC)OC(=O)CN)cc2)cc1)OC(=O)CCl. The van der Waals surface area contributed by atoms with E-state index in [4.69, 9.17) is 41.0 Å². The second-order valence-electron chi connectivity index (χ2n) is 9.69. The third-order valence-electron chi connectivity index (χ3n) is 6.30. The topological polar surface area (TPSA) is 106 Å². The molecule has 2 unspecified atom stereocenters. The van der Waals surface area contributed by atoms with E-state index in [1.165, 1.54) is 0 Å². The van der Waals surface area contributed by atoms with E-state index in [9.17, 15) is 9.59 Å². The summed E-state index contributed by atoms with van der Waals surface area (Å²) in [4.78, 5) is 23.1. The maximum atomic E-state index is 11.7. The van der Waals surface area contributed by atoms with E-state index in [0.29, 0.717) is 24.5 Å². The van der Waals surface area contributed by atoms with Gasteiger partial charge in [0, 0.05) is 12.0 Å². The van der Waals surface area contributed by atoms with Gasteiger partial charge in [-0.25, -0.2) is 0 Å². The predicted molar refractivity (Wildman–Crippen MR) is 152 cm³/mol. The van der Waals surface area contributed by atoms with E-state index in [-0.39, 0.29) is 43.8 Å². The minimum atomic E-state index is -0.537. The summed E-state index contributed by atoms with van der Waals surface area (Å²) in [6.45, 7) is 9.45. The molecule has 0 spiro atoms. The van der Waals surface area contributed by atoms with Crippen molar-refractivity contribution in [2.75, 3.05) is 38.9 Å². The van der Waals surface area contributed by atoms with Gasteiger partial charge in [-0.05, 0) is 48.2 Å². The molecule has 0 aromatic heterocycles. The number of carbonyl (C=O) groups is 2. The summed E-state index contributed by atoms with van der Waals surface area (Å²) in [7, 11) is 0. The highest BCUT2D eigenvalue weighted by molar-refractivity contribution is 6.26. The maximum Gasteiger partial charge on any atom is 0.321 e. The molecule has 0 aliphatic carbocycles. The Morgan fingerprint density at radius 3 is 1.79 bits per heavy atom. The molecule has 2 rings (SSSR count). The Morgan fingerprint density at radius 1 is 0.821 bits per heavy atom. The largest absolute Gasteiger partial charge is 0.490 e. The number of nitrogens with two attached hydrogens (primary N) is 1. The standard InChI is InChI=1S/C30H42ClNO7/c1-5-7-16-35-19-27(39-28(33)17-31)21-37-26-14-10-23(11-15-26)30(3,4)22-8-12-25(13-9-22)36-20-24(6-2)38-29(34)18-32/h8-15,24,27H,5-7,16-21,32H2,1-4H3. The third kappa shape index (κ3) is 11.1. The highest BCUT2D eigenvalue weighted by Gasteiger charge is 2.23. The van der Waals surface area contributed by atoms with Gasteiger partial charge in [-0.3, -0.25) is 9.59 Å². The average molecular weight is 564 g/mol. The van der Waals surface area contributed by atoms with Crippen LogP contribution in [0.5, 0.6) is 11.5 Å². The molecule has 0 fully saturated rings. The number of benzene rings is 2.